The van der Waals surface area contributed by atoms with Gasteiger partial charge in [0.05, 0.1) is 6.04 Å². The summed E-state index contributed by atoms with van der Waals surface area (Å²) in [6, 6.07) is 10.6. The summed E-state index contributed by atoms with van der Waals surface area (Å²) in [5.41, 5.74) is 7.08. The summed E-state index contributed by atoms with van der Waals surface area (Å²) in [6.45, 7) is 13.1. The number of rotatable bonds is 5. The number of ether oxygens (including phenoxy) is 1. The molecule has 1 atom stereocenters. The molecular formula is C21H28N2OS. The molecule has 1 unspecified atom stereocenters. The molecule has 2 rings (SSSR count). The Labute approximate surface area is 156 Å². The Hall–Kier alpha value is -2.07. The van der Waals surface area contributed by atoms with E-state index in [4.69, 9.17) is 17.0 Å². The third kappa shape index (κ3) is 5.20. The molecule has 0 aliphatic rings. The van der Waals surface area contributed by atoms with Crippen LogP contribution in [0.3, 0.4) is 0 Å². The molecule has 0 aliphatic heterocycles. The molecule has 0 amide bonds. The van der Waals surface area contributed by atoms with Gasteiger partial charge in [-0.15, -0.1) is 0 Å². The second kappa shape index (κ2) is 8.34. The van der Waals surface area contributed by atoms with Crippen LogP contribution in [-0.4, -0.2) is 17.8 Å². The van der Waals surface area contributed by atoms with Crippen LogP contribution in [0, 0.1) is 34.6 Å². The normalized spacial score (nSPS) is 11.8. The van der Waals surface area contributed by atoms with Crippen LogP contribution in [0.4, 0.5) is 5.69 Å². The molecule has 0 aliphatic carbocycles. The molecule has 0 spiro atoms. The summed E-state index contributed by atoms with van der Waals surface area (Å²) in [6.07, 6.45) is 0. The number of hydrogen-bond donors (Lipinski definition) is 2. The van der Waals surface area contributed by atoms with Gasteiger partial charge in [0, 0.05) is 5.69 Å². The molecule has 0 saturated carbocycles. The first-order chi connectivity index (χ1) is 11.8. The first kappa shape index (κ1) is 19.3. The molecule has 2 aromatic carbocycles. The number of anilines is 1. The van der Waals surface area contributed by atoms with Crippen LogP contribution in [0.2, 0.25) is 0 Å². The number of para-hydroxylation sites is 1. The van der Waals surface area contributed by atoms with Gasteiger partial charge in [-0.3, -0.25) is 0 Å². The molecule has 0 aromatic heterocycles. The van der Waals surface area contributed by atoms with E-state index < -0.39 is 0 Å². The number of benzene rings is 2. The number of hydrogen-bond acceptors (Lipinski definition) is 2. The van der Waals surface area contributed by atoms with Gasteiger partial charge in [0.25, 0.3) is 0 Å². The van der Waals surface area contributed by atoms with E-state index in [0.29, 0.717) is 11.7 Å². The van der Waals surface area contributed by atoms with Crippen molar-refractivity contribution in [3.63, 3.8) is 0 Å². The van der Waals surface area contributed by atoms with E-state index in [2.05, 4.69) is 76.4 Å². The predicted octanol–water partition coefficient (Wildman–Crippen LogP) is 4.98. The quantitative estimate of drug-likeness (QED) is 0.740. The molecule has 0 bridgehead atoms. The maximum atomic E-state index is 5.99. The van der Waals surface area contributed by atoms with Gasteiger partial charge in [-0.25, -0.2) is 0 Å². The van der Waals surface area contributed by atoms with Gasteiger partial charge in [0.1, 0.15) is 12.4 Å². The number of nitrogens with one attached hydrogen (secondary N) is 2. The third-order valence-electron chi connectivity index (χ3n) is 4.35. The van der Waals surface area contributed by atoms with Crippen molar-refractivity contribution in [2.75, 3.05) is 11.9 Å². The molecule has 134 valence electrons. The van der Waals surface area contributed by atoms with Gasteiger partial charge in [0.2, 0.25) is 0 Å². The lowest BCUT2D eigenvalue weighted by molar-refractivity contribution is 0.283. The van der Waals surface area contributed by atoms with Gasteiger partial charge < -0.3 is 15.4 Å². The third-order valence-corrected chi connectivity index (χ3v) is 4.57. The highest BCUT2D eigenvalue weighted by molar-refractivity contribution is 7.80. The lowest BCUT2D eigenvalue weighted by Gasteiger charge is -2.20. The SMILES string of the molecule is Cc1cc(C)c(NC(=S)NC(C)COc2c(C)cccc2C)cc1C. The van der Waals surface area contributed by atoms with Crippen LogP contribution >= 0.6 is 12.2 Å². The van der Waals surface area contributed by atoms with Gasteiger partial charge in [-0.2, -0.15) is 0 Å². The largest absolute Gasteiger partial charge is 0.491 e. The first-order valence-electron chi connectivity index (χ1n) is 8.62. The molecule has 3 nitrogen and oxygen atoms in total. The van der Waals surface area contributed by atoms with E-state index in [-0.39, 0.29) is 6.04 Å². The Balaban J connectivity index is 1.91. The van der Waals surface area contributed by atoms with Crippen molar-refractivity contribution in [3.8, 4) is 5.75 Å². The van der Waals surface area contributed by atoms with E-state index in [9.17, 15) is 0 Å². The maximum Gasteiger partial charge on any atom is 0.171 e. The highest BCUT2D eigenvalue weighted by Crippen LogP contribution is 2.22. The summed E-state index contributed by atoms with van der Waals surface area (Å²) < 4.78 is 5.99. The minimum atomic E-state index is 0.103. The van der Waals surface area contributed by atoms with E-state index in [1.54, 1.807) is 0 Å². The average molecular weight is 357 g/mol. The van der Waals surface area contributed by atoms with Gasteiger partial charge in [-0.1, -0.05) is 24.3 Å². The molecule has 2 aromatic rings. The van der Waals surface area contributed by atoms with E-state index in [1.165, 1.54) is 16.7 Å². The lowest BCUT2D eigenvalue weighted by atomic mass is 10.1. The van der Waals surface area contributed by atoms with Crippen LogP contribution < -0.4 is 15.4 Å². The van der Waals surface area contributed by atoms with Gasteiger partial charge in [0.15, 0.2) is 5.11 Å². The summed E-state index contributed by atoms with van der Waals surface area (Å²) >= 11 is 5.45. The second-order valence-electron chi connectivity index (χ2n) is 6.78. The first-order valence-corrected chi connectivity index (χ1v) is 9.03. The molecule has 0 heterocycles. The molecular weight excluding hydrogens is 328 g/mol. The Bertz CT molecular complexity index is 750. The Morgan fingerprint density at radius 2 is 1.56 bits per heavy atom. The summed E-state index contributed by atoms with van der Waals surface area (Å²) in [4.78, 5) is 0. The predicted molar refractivity (Wildman–Crippen MR) is 111 cm³/mol. The molecule has 0 radical (unpaired) electrons. The van der Waals surface area contributed by atoms with Gasteiger partial charge >= 0.3 is 0 Å². The second-order valence-corrected chi connectivity index (χ2v) is 7.19. The number of aryl methyl sites for hydroxylation is 5. The minimum absolute atomic E-state index is 0.103. The van der Waals surface area contributed by atoms with Crippen molar-refractivity contribution in [2.45, 2.75) is 47.6 Å². The van der Waals surface area contributed by atoms with Gasteiger partial charge in [-0.05, 0) is 87.6 Å². The molecule has 4 heteroatoms. The number of thiocarbonyl (C=S) groups is 1. The monoisotopic (exact) mass is 356 g/mol. The lowest BCUT2D eigenvalue weighted by Crippen LogP contribution is -2.39. The van der Waals surface area contributed by atoms with Crippen molar-refractivity contribution in [1.82, 2.24) is 5.32 Å². The van der Waals surface area contributed by atoms with Crippen molar-refractivity contribution in [3.05, 3.63) is 58.1 Å². The van der Waals surface area contributed by atoms with Crippen LogP contribution in [0.25, 0.3) is 0 Å². The molecule has 0 fully saturated rings. The maximum absolute atomic E-state index is 5.99. The smallest absolute Gasteiger partial charge is 0.171 e. The van der Waals surface area contributed by atoms with Crippen LogP contribution in [0.5, 0.6) is 5.75 Å². The molecule has 25 heavy (non-hydrogen) atoms. The van der Waals surface area contributed by atoms with Crippen molar-refractivity contribution >= 4 is 23.0 Å². The van der Waals surface area contributed by atoms with E-state index in [1.807, 2.05) is 6.07 Å². The Morgan fingerprint density at radius 1 is 0.960 bits per heavy atom. The topological polar surface area (TPSA) is 33.3 Å². The fraction of sp³-hybridized carbons (Fsp3) is 0.381. The van der Waals surface area contributed by atoms with Crippen molar-refractivity contribution < 1.29 is 4.74 Å². The van der Waals surface area contributed by atoms with E-state index in [0.717, 1.165) is 22.6 Å². The summed E-state index contributed by atoms with van der Waals surface area (Å²) in [7, 11) is 0. The Morgan fingerprint density at radius 3 is 2.20 bits per heavy atom. The highest BCUT2D eigenvalue weighted by atomic mass is 32.1. The van der Waals surface area contributed by atoms with Crippen molar-refractivity contribution in [2.24, 2.45) is 0 Å². The molecule has 0 saturated heterocycles. The van der Waals surface area contributed by atoms with Crippen LogP contribution in [-0.2, 0) is 0 Å². The zero-order chi connectivity index (χ0) is 18.6. The molecule has 2 N–H and O–H groups in total. The minimum Gasteiger partial charge on any atom is -0.491 e. The van der Waals surface area contributed by atoms with Crippen LogP contribution in [0.1, 0.15) is 34.7 Å². The average Bonchev–Trinajstić information content (AvgIpc) is 2.52. The highest BCUT2D eigenvalue weighted by Gasteiger charge is 2.10. The van der Waals surface area contributed by atoms with E-state index >= 15 is 0 Å². The fourth-order valence-corrected chi connectivity index (χ4v) is 3.07. The summed E-state index contributed by atoms with van der Waals surface area (Å²) in [5.74, 6) is 0.958. The summed E-state index contributed by atoms with van der Waals surface area (Å²) in [5, 5.41) is 7.20. The zero-order valence-corrected chi connectivity index (χ0v) is 16.8. The standard InChI is InChI=1S/C21H28N2OS/c1-13-8-7-9-14(2)20(13)24-12-18(6)22-21(25)23-19-11-16(4)15(3)10-17(19)5/h7-11,18H,12H2,1-6H3,(H2,22,23,25). The van der Waals surface area contributed by atoms with Crippen LogP contribution in [0.15, 0.2) is 30.3 Å². The Kier molecular flexibility index (Phi) is 6.43. The fourth-order valence-electron chi connectivity index (χ4n) is 2.75. The van der Waals surface area contributed by atoms with Crippen molar-refractivity contribution in [1.29, 1.82) is 0 Å². The zero-order valence-electron chi connectivity index (χ0n) is 16.0.